The molecule has 0 radical (unpaired) electrons. The minimum Gasteiger partial charge on any atom is -0.475 e. The molecule has 0 bridgehead atoms. The monoisotopic (exact) mass is 435 g/mol. The van der Waals surface area contributed by atoms with Gasteiger partial charge in [0.1, 0.15) is 12.6 Å². The highest BCUT2D eigenvalue weighted by Crippen LogP contribution is 2.16. The Morgan fingerprint density at radius 3 is 2.23 bits per heavy atom. The van der Waals surface area contributed by atoms with Crippen molar-refractivity contribution in [3.05, 3.63) is 48.0 Å². The van der Waals surface area contributed by atoms with E-state index < -0.39 is 0 Å². The van der Waals surface area contributed by atoms with Crippen LogP contribution in [-0.2, 0) is 4.74 Å². The zero-order chi connectivity index (χ0) is 22.6. The third-order valence-corrected chi connectivity index (χ3v) is 5.37. The lowest BCUT2D eigenvalue weighted by molar-refractivity contribution is 0.168. The molecule has 2 atom stereocenters. The van der Waals surface area contributed by atoms with Gasteiger partial charge >= 0.3 is 0 Å². The van der Waals surface area contributed by atoms with E-state index in [1.54, 1.807) is 6.26 Å². The average Bonchev–Trinajstić information content (AvgIpc) is 3.31. The maximum atomic E-state index is 7.38. The highest BCUT2D eigenvalue weighted by atomic mass is 32.1. The minimum atomic E-state index is -0.344. The van der Waals surface area contributed by atoms with Gasteiger partial charge in [-0.05, 0) is 31.2 Å². The van der Waals surface area contributed by atoms with E-state index in [0.717, 1.165) is 12.0 Å². The molecule has 3 nitrogen and oxygen atoms in total. The van der Waals surface area contributed by atoms with Crippen LogP contribution in [-0.4, -0.2) is 37.4 Å². The van der Waals surface area contributed by atoms with Gasteiger partial charge < -0.3 is 9.85 Å². The molecule has 0 spiro atoms. The lowest BCUT2D eigenvalue weighted by Gasteiger charge is -2.08. The number of ether oxygens (including phenoxy) is 1. The number of benzene rings is 1. The Balaban J connectivity index is 0.00000233. The van der Waals surface area contributed by atoms with E-state index in [1.807, 2.05) is 36.4 Å². The van der Waals surface area contributed by atoms with Crippen LogP contribution in [0.5, 0.6) is 0 Å². The van der Waals surface area contributed by atoms with Crippen molar-refractivity contribution in [2.75, 3.05) is 12.9 Å². The molecule has 1 aliphatic rings. The predicted octanol–water partition coefficient (Wildman–Crippen LogP) is 7.00. The Bertz CT molecular complexity index is 594. The van der Waals surface area contributed by atoms with Crippen LogP contribution in [0.3, 0.4) is 0 Å². The maximum absolute atomic E-state index is 7.38. The minimum absolute atomic E-state index is 0.142. The van der Waals surface area contributed by atoms with Crippen LogP contribution < -0.4 is 0 Å². The van der Waals surface area contributed by atoms with Crippen LogP contribution in [0.2, 0.25) is 0 Å². The summed E-state index contributed by atoms with van der Waals surface area (Å²) in [4.78, 5) is 4.61. The first kappa shape index (κ1) is 25.0. The van der Waals surface area contributed by atoms with Gasteiger partial charge in [0.25, 0.3) is 0 Å². The van der Waals surface area contributed by atoms with Crippen molar-refractivity contribution in [3.8, 4) is 0 Å². The first-order valence-electron chi connectivity index (χ1n) is 12.3. The Kier molecular flexibility index (Phi) is 15.4. The molecular formula is C26H43NO2S. The molecule has 1 aromatic rings. The summed E-state index contributed by atoms with van der Waals surface area (Å²) >= 11 is 3.53. The molecule has 0 amide bonds. The molecule has 0 unspecified atom stereocenters. The predicted molar refractivity (Wildman–Crippen MR) is 134 cm³/mol. The summed E-state index contributed by atoms with van der Waals surface area (Å²) in [5, 5.41) is 4.90. The number of aliphatic hydroxyl groups is 1. The summed E-state index contributed by atoms with van der Waals surface area (Å²) in [5.74, 6) is 0.649. The molecule has 0 aliphatic carbocycles. The van der Waals surface area contributed by atoms with Crippen LogP contribution in [0.25, 0.3) is 0 Å². The lowest BCUT2D eigenvalue weighted by Crippen LogP contribution is -2.23. The van der Waals surface area contributed by atoms with Crippen molar-refractivity contribution in [1.29, 1.82) is 1.43 Å². The Hall–Kier alpha value is -1.26. The van der Waals surface area contributed by atoms with Crippen molar-refractivity contribution in [2.45, 2.75) is 96.1 Å². The van der Waals surface area contributed by atoms with E-state index >= 15 is 0 Å². The van der Waals surface area contributed by atoms with Gasteiger partial charge in [0, 0.05) is 5.56 Å². The third kappa shape index (κ3) is 11.8. The molecule has 0 fully saturated rings. The Morgan fingerprint density at radius 1 is 1.03 bits per heavy atom. The highest BCUT2D eigenvalue weighted by molar-refractivity contribution is 7.79. The number of rotatable bonds is 16. The van der Waals surface area contributed by atoms with Crippen molar-refractivity contribution in [1.82, 2.24) is 0 Å². The van der Waals surface area contributed by atoms with Gasteiger partial charge in [-0.15, -0.1) is 0 Å². The van der Waals surface area contributed by atoms with E-state index in [4.69, 9.17) is 11.3 Å². The van der Waals surface area contributed by atoms with E-state index in [0.29, 0.717) is 12.5 Å². The topological polar surface area (TPSA) is 41.8 Å². The van der Waals surface area contributed by atoms with Crippen molar-refractivity contribution in [2.24, 2.45) is 4.99 Å². The highest BCUT2D eigenvalue weighted by Gasteiger charge is 2.24. The maximum Gasteiger partial charge on any atom is 0.216 e. The van der Waals surface area contributed by atoms with Crippen molar-refractivity contribution < 1.29 is 9.85 Å². The molecule has 2 rings (SSSR count). The Labute approximate surface area is 191 Å². The summed E-state index contributed by atoms with van der Waals surface area (Å²) < 4.78 is 13.1. The number of unbranched alkanes of at least 4 members (excludes halogenated alkanes) is 11. The van der Waals surface area contributed by atoms with Gasteiger partial charge in [-0.3, -0.25) is 0 Å². The quantitative estimate of drug-likeness (QED) is 0.167. The smallest absolute Gasteiger partial charge is 0.216 e. The number of aliphatic imine (C=N–C) groups is 1. The standard InChI is InChI=1S/C25H39NO2.CH4S/c1-2-3-4-5-6-7-8-9-10-11-12-13-17-20-24(27)23-21-28-25(26-23)22-18-15-14-16-19-22;1-2/h14-20,23-24,27H,2-13,21H2,1H3;2H,1H3/b20-17+;/t23-,24+;/m0./s1/i27T;. The summed E-state index contributed by atoms with van der Waals surface area (Å²) in [6.45, 7) is 2.74. The van der Waals surface area contributed by atoms with Gasteiger partial charge in [-0.25, -0.2) is 4.99 Å². The van der Waals surface area contributed by atoms with Crippen molar-refractivity contribution in [3.63, 3.8) is 0 Å². The molecule has 170 valence electrons. The van der Waals surface area contributed by atoms with Crippen LogP contribution in [0, 0.1) is 0 Å². The second kappa shape index (κ2) is 18.5. The second-order valence-electron chi connectivity index (χ2n) is 7.90. The summed E-state index contributed by atoms with van der Waals surface area (Å²) in [6.07, 6.45) is 21.5. The van der Waals surface area contributed by atoms with Gasteiger partial charge in [0.05, 0.1) is 6.10 Å². The van der Waals surface area contributed by atoms with Crippen LogP contribution in [0.4, 0.5) is 0 Å². The van der Waals surface area contributed by atoms with Crippen LogP contribution in [0.1, 0.15) is 89.5 Å². The van der Waals surface area contributed by atoms with Crippen molar-refractivity contribution >= 4 is 18.5 Å². The number of nitrogens with zero attached hydrogens (tertiary/aromatic N) is 1. The fourth-order valence-corrected chi connectivity index (χ4v) is 3.58. The largest absolute Gasteiger partial charge is 0.475 e. The average molecular weight is 436 g/mol. The van der Waals surface area contributed by atoms with Crippen LogP contribution in [0.15, 0.2) is 47.5 Å². The number of hydrogen-bond acceptors (Lipinski definition) is 4. The molecule has 0 saturated carbocycles. The molecule has 1 aromatic carbocycles. The molecule has 4 heteroatoms. The van der Waals surface area contributed by atoms with E-state index in [2.05, 4.69) is 30.6 Å². The number of thiol groups is 1. The number of hydrogen-bond donors (Lipinski definition) is 2. The normalized spacial score (nSPS) is 17.1. The van der Waals surface area contributed by atoms with E-state index in [-0.39, 0.29) is 12.1 Å². The second-order valence-corrected chi connectivity index (χ2v) is 7.90. The summed E-state index contributed by atoms with van der Waals surface area (Å²) in [7, 11) is 0. The zero-order valence-electron chi connectivity index (χ0n) is 20.1. The molecule has 30 heavy (non-hydrogen) atoms. The number of allylic oxidation sites excluding steroid dienone is 1. The SMILES string of the molecule is CS.[3H]O[C@H](/C=C/CCCCCCCCCCCCC)[C@@H]1COC(c2ccccc2)=N1. The molecule has 1 heterocycles. The van der Waals surface area contributed by atoms with Gasteiger partial charge in [0.15, 0.2) is 0 Å². The summed E-state index contributed by atoms with van der Waals surface area (Å²) in [5.41, 5.74) is 0.976. The van der Waals surface area contributed by atoms with Crippen LogP contribution >= 0.6 is 12.6 Å². The summed E-state index contributed by atoms with van der Waals surface area (Å²) in [6, 6.07) is 9.75. The molecule has 0 aromatic heterocycles. The van der Waals surface area contributed by atoms with Gasteiger partial charge in [0.2, 0.25) is 7.33 Å². The fraction of sp³-hybridized carbons (Fsp3) is 0.654. The Morgan fingerprint density at radius 2 is 1.63 bits per heavy atom. The van der Waals surface area contributed by atoms with E-state index in [9.17, 15) is 0 Å². The van der Waals surface area contributed by atoms with E-state index in [1.165, 1.54) is 70.6 Å². The van der Waals surface area contributed by atoms with Gasteiger partial charge in [-0.1, -0.05) is 101 Å². The molecular weight excluding hydrogens is 390 g/mol. The third-order valence-electron chi connectivity index (χ3n) is 5.37. The zero-order valence-corrected chi connectivity index (χ0v) is 20.0. The first-order valence-corrected chi connectivity index (χ1v) is 12.7. The fourth-order valence-electron chi connectivity index (χ4n) is 3.58. The molecule has 1 aliphatic heterocycles. The number of aliphatic hydroxyl groups excluding tert-OH is 1. The lowest BCUT2D eigenvalue weighted by atomic mass is 10.0. The first-order chi connectivity index (χ1) is 15.3. The molecule has 1 N–H and O–H groups in total. The van der Waals surface area contributed by atoms with Gasteiger partial charge in [-0.2, -0.15) is 12.6 Å². The molecule has 0 saturated heterocycles.